The highest BCUT2D eigenvalue weighted by Gasteiger charge is 2.35. The Labute approximate surface area is 99.5 Å². The lowest BCUT2D eigenvalue weighted by atomic mass is 10.2. The van der Waals surface area contributed by atoms with Gasteiger partial charge in [0.1, 0.15) is 13.2 Å². The van der Waals surface area contributed by atoms with Gasteiger partial charge in [0.15, 0.2) is 5.72 Å². The van der Waals surface area contributed by atoms with Crippen LogP contribution in [0.2, 0.25) is 0 Å². The van der Waals surface area contributed by atoms with Crippen LogP contribution in [0.5, 0.6) is 0 Å². The molecule has 92 valence electrons. The minimum absolute atomic E-state index is 0.177. The smallest absolute Gasteiger partial charge is 0.429 e. The van der Waals surface area contributed by atoms with Gasteiger partial charge in [-0.2, -0.15) is 0 Å². The van der Waals surface area contributed by atoms with E-state index in [2.05, 4.69) is 0 Å². The Balaban J connectivity index is 1.78. The van der Waals surface area contributed by atoms with Gasteiger partial charge in [-0.05, 0) is 5.56 Å². The predicted molar refractivity (Wildman–Crippen MR) is 60.1 cm³/mol. The Morgan fingerprint density at radius 1 is 1.41 bits per heavy atom. The predicted octanol–water partition coefficient (Wildman–Crippen LogP) is 1.42. The quantitative estimate of drug-likeness (QED) is 0.635. The fourth-order valence-electron chi connectivity index (χ4n) is 1.55. The molecule has 1 fully saturated rings. The number of rotatable bonds is 3. The van der Waals surface area contributed by atoms with E-state index in [1.165, 1.54) is 0 Å². The van der Waals surface area contributed by atoms with Gasteiger partial charge in [-0.15, -0.1) is 0 Å². The topological polar surface area (TPSA) is 70.8 Å². The molecule has 1 unspecified atom stereocenters. The maximum absolute atomic E-state index is 11.4. The highest BCUT2D eigenvalue weighted by Crippen LogP contribution is 2.17. The van der Waals surface area contributed by atoms with E-state index < -0.39 is 11.9 Å². The molecule has 0 radical (unpaired) electrons. The van der Waals surface area contributed by atoms with Gasteiger partial charge in [-0.3, -0.25) is 5.73 Å². The summed E-state index contributed by atoms with van der Waals surface area (Å²) in [6.07, 6.45) is -0.269. The van der Waals surface area contributed by atoms with Crippen LogP contribution in [0.4, 0.5) is 4.79 Å². The monoisotopic (exact) mass is 237 g/mol. The fraction of sp³-hybridized carbons (Fsp3) is 0.417. The van der Waals surface area contributed by atoms with E-state index in [0.717, 1.165) is 5.56 Å². The Morgan fingerprint density at radius 2 is 2.18 bits per heavy atom. The fourth-order valence-corrected chi connectivity index (χ4v) is 1.55. The maximum atomic E-state index is 11.4. The van der Waals surface area contributed by atoms with Gasteiger partial charge in [-0.1, -0.05) is 30.3 Å². The molecule has 17 heavy (non-hydrogen) atoms. The molecule has 0 aliphatic carbocycles. The SMILES string of the molecule is NC1(OC(=O)OCc2ccccc2)CCOC1. The summed E-state index contributed by atoms with van der Waals surface area (Å²) >= 11 is 0. The second-order valence-electron chi connectivity index (χ2n) is 3.99. The number of hydrogen-bond acceptors (Lipinski definition) is 5. The van der Waals surface area contributed by atoms with E-state index in [0.29, 0.717) is 13.0 Å². The number of carbonyl (C=O) groups excluding carboxylic acids is 1. The molecule has 1 aromatic carbocycles. The van der Waals surface area contributed by atoms with Gasteiger partial charge in [0.2, 0.25) is 0 Å². The van der Waals surface area contributed by atoms with Gasteiger partial charge >= 0.3 is 6.16 Å². The highest BCUT2D eigenvalue weighted by molar-refractivity contribution is 5.60. The normalized spacial score (nSPS) is 23.4. The molecule has 2 rings (SSSR count). The minimum atomic E-state index is -1.03. The van der Waals surface area contributed by atoms with Crippen LogP contribution in [0, 0.1) is 0 Å². The molecule has 5 heteroatoms. The molecule has 0 spiro atoms. The van der Waals surface area contributed by atoms with Crippen LogP contribution in [0.3, 0.4) is 0 Å². The number of nitrogens with two attached hydrogens (primary N) is 1. The average Bonchev–Trinajstić information content (AvgIpc) is 2.74. The maximum Gasteiger partial charge on any atom is 0.510 e. The summed E-state index contributed by atoms with van der Waals surface area (Å²) in [5.41, 5.74) is 5.65. The summed E-state index contributed by atoms with van der Waals surface area (Å²) in [4.78, 5) is 11.4. The Kier molecular flexibility index (Phi) is 3.61. The summed E-state index contributed by atoms with van der Waals surface area (Å²) < 4.78 is 15.0. The van der Waals surface area contributed by atoms with E-state index in [9.17, 15) is 4.79 Å². The molecule has 1 heterocycles. The molecular weight excluding hydrogens is 222 g/mol. The van der Waals surface area contributed by atoms with Crippen molar-refractivity contribution in [1.82, 2.24) is 0 Å². The molecule has 1 saturated heterocycles. The zero-order valence-corrected chi connectivity index (χ0v) is 9.43. The summed E-state index contributed by atoms with van der Waals surface area (Å²) in [6, 6.07) is 9.37. The van der Waals surface area contributed by atoms with E-state index in [1.807, 2.05) is 30.3 Å². The van der Waals surface area contributed by atoms with Gasteiger partial charge in [0.05, 0.1) is 6.61 Å². The van der Waals surface area contributed by atoms with Crippen LogP contribution in [-0.2, 0) is 20.8 Å². The molecule has 1 aliphatic heterocycles. The summed E-state index contributed by atoms with van der Waals surface area (Å²) in [7, 11) is 0. The van der Waals surface area contributed by atoms with E-state index >= 15 is 0 Å². The first-order valence-corrected chi connectivity index (χ1v) is 5.44. The standard InChI is InChI=1S/C12H15NO4/c13-12(6-7-15-9-12)17-11(14)16-8-10-4-2-1-3-5-10/h1-5H,6-9,13H2. The Hall–Kier alpha value is -1.59. The number of carbonyl (C=O) groups is 1. The number of benzene rings is 1. The van der Waals surface area contributed by atoms with Crippen molar-refractivity contribution in [2.24, 2.45) is 5.73 Å². The zero-order chi connectivity index (χ0) is 12.1. The number of hydrogen-bond donors (Lipinski definition) is 1. The lowest BCUT2D eigenvalue weighted by Gasteiger charge is -2.21. The van der Waals surface area contributed by atoms with Crippen molar-refractivity contribution >= 4 is 6.16 Å². The molecule has 0 amide bonds. The first-order chi connectivity index (χ1) is 8.18. The van der Waals surface area contributed by atoms with Crippen LogP contribution in [0.15, 0.2) is 30.3 Å². The first-order valence-electron chi connectivity index (χ1n) is 5.44. The molecule has 0 saturated carbocycles. The van der Waals surface area contributed by atoms with Crippen molar-refractivity contribution < 1.29 is 19.0 Å². The second kappa shape index (κ2) is 5.16. The molecule has 1 atom stereocenters. The molecule has 2 N–H and O–H groups in total. The lowest BCUT2D eigenvalue weighted by Crippen LogP contribution is -2.45. The first kappa shape index (κ1) is 11.9. The zero-order valence-electron chi connectivity index (χ0n) is 9.43. The van der Waals surface area contributed by atoms with Crippen molar-refractivity contribution in [2.75, 3.05) is 13.2 Å². The van der Waals surface area contributed by atoms with Crippen molar-refractivity contribution in [2.45, 2.75) is 18.8 Å². The van der Waals surface area contributed by atoms with Crippen molar-refractivity contribution in [1.29, 1.82) is 0 Å². The third-order valence-electron chi connectivity index (χ3n) is 2.50. The van der Waals surface area contributed by atoms with Gasteiger partial charge < -0.3 is 14.2 Å². The van der Waals surface area contributed by atoms with Crippen LogP contribution < -0.4 is 5.73 Å². The highest BCUT2D eigenvalue weighted by atomic mass is 16.7. The van der Waals surface area contributed by atoms with E-state index in [-0.39, 0.29) is 13.2 Å². The molecule has 0 aromatic heterocycles. The summed E-state index contributed by atoms with van der Waals surface area (Å²) in [6.45, 7) is 0.895. The minimum Gasteiger partial charge on any atom is -0.429 e. The third kappa shape index (κ3) is 3.44. The van der Waals surface area contributed by atoms with Gasteiger partial charge in [0.25, 0.3) is 0 Å². The molecule has 1 aliphatic rings. The average molecular weight is 237 g/mol. The molecular formula is C12H15NO4. The lowest BCUT2D eigenvalue weighted by molar-refractivity contribution is -0.0386. The molecule has 1 aromatic rings. The van der Waals surface area contributed by atoms with Gasteiger partial charge in [-0.25, -0.2) is 4.79 Å². The summed E-state index contributed by atoms with van der Waals surface area (Å²) in [5, 5.41) is 0. The van der Waals surface area contributed by atoms with Crippen LogP contribution in [0.25, 0.3) is 0 Å². The van der Waals surface area contributed by atoms with Crippen LogP contribution in [-0.4, -0.2) is 25.1 Å². The third-order valence-corrected chi connectivity index (χ3v) is 2.50. The second-order valence-corrected chi connectivity index (χ2v) is 3.99. The van der Waals surface area contributed by atoms with Crippen molar-refractivity contribution in [3.8, 4) is 0 Å². The Morgan fingerprint density at radius 3 is 2.82 bits per heavy atom. The van der Waals surface area contributed by atoms with Crippen molar-refractivity contribution in [3.63, 3.8) is 0 Å². The van der Waals surface area contributed by atoms with E-state index in [4.69, 9.17) is 19.9 Å². The van der Waals surface area contributed by atoms with E-state index in [1.54, 1.807) is 0 Å². The van der Waals surface area contributed by atoms with Crippen LogP contribution >= 0.6 is 0 Å². The van der Waals surface area contributed by atoms with Crippen LogP contribution in [0.1, 0.15) is 12.0 Å². The molecule has 0 bridgehead atoms. The number of ether oxygens (including phenoxy) is 3. The van der Waals surface area contributed by atoms with Gasteiger partial charge in [0, 0.05) is 6.42 Å². The summed E-state index contributed by atoms with van der Waals surface area (Å²) in [5.74, 6) is 0. The largest absolute Gasteiger partial charge is 0.510 e. The van der Waals surface area contributed by atoms with Crippen molar-refractivity contribution in [3.05, 3.63) is 35.9 Å². The Bertz CT molecular complexity index is 373. The molecule has 5 nitrogen and oxygen atoms in total.